The van der Waals surface area contributed by atoms with Gasteiger partial charge in [0.1, 0.15) is 5.75 Å². The number of aliphatic hydroxyl groups excluding tert-OH is 1. The van der Waals surface area contributed by atoms with Crippen LogP contribution >= 0.6 is 0 Å². The second kappa shape index (κ2) is 5.09. The highest BCUT2D eigenvalue weighted by molar-refractivity contribution is 5.78. The zero-order valence-electron chi connectivity index (χ0n) is 11.2. The summed E-state index contributed by atoms with van der Waals surface area (Å²) in [5.74, 6) is 0.385. The van der Waals surface area contributed by atoms with E-state index in [1.54, 1.807) is 24.3 Å². The van der Waals surface area contributed by atoms with E-state index in [0.717, 1.165) is 0 Å². The summed E-state index contributed by atoms with van der Waals surface area (Å²) in [6.45, 7) is 3.82. The molecule has 0 heterocycles. The van der Waals surface area contributed by atoms with Gasteiger partial charge in [-0.15, -0.1) is 0 Å². The topological polar surface area (TPSA) is 84.6 Å². The van der Waals surface area contributed by atoms with Crippen LogP contribution in [0.5, 0.6) is 5.75 Å². The average molecular weight is 264 g/mol. The molecule has 0 radical (unpaired) electrons. The summed E-state index contributed by atoms with van der Waals surface area (Å²) in [5.41, 5.74) is 5.95. The van der Waals surface area contributed by atoms with E-state index in [1.165, 1.54) is 0 Å². The number of carbonyl (C=O) groups is 1. The fourth-order valence-corrected chi connectivity index (χ4v) is 2.14. The van der Waals surface area contributed by atoms with Crippen LogP contribution in [0.3, 0.4) is 0 Å². The summed E-state index contributed by atoms with van der Waals surface area (Å²) in [7, 11) is 0. The van der Waals surface area contributed by atoms with Crippen LogP contribution in [0.15, 0.2) is 24.3 Å². The number of hydrogen-bond donors (Lipinski definition) is 3. The molecule has 1 fully saturated rings. The maximum Gasteiger partial charge on any atom is 0.258 e. The third-order valence-corrected chi connectivity index (χ3v) is 3.78. The molecule has 1 aromatic rings. The van der Waals surface area contributed by atoms with E-state index in [0.29, 0.717) is 17.9 Å². The molecular weight excluding hydrogens is 244 g/mol. The standard InChI is InChI=1S/C14H20N2O3/c1-14(2)11(7-12(14)17)16-13(18)8-19-10-5-3-4-9(15)6-10/h3-6,11-12,17H,7-8,15H2,1-2H3,(H,16,18). The lowest BCUT2D eigenvalue weighted by Gasteiger charge is -2.49. The second-order valence-electron chi connectivity index (χ2n) is 5.55. The van der Waals surface area contributed by atoms with Gasteiger partial charge in [0.2, 0.25) is 0 Å². The Morgan fingerprint density at radius 1 is 1.58 bits per heavy atom. The van der Waals surface area contributed by atoms with Crippen molar-refractivity contribution < 1.29 is 14.6 Å². The molecule has 0 aromatic heterocycles. The molecule has 0 bridgehead atoms. The largest absolute Gasteiger partial charge is 0.484 e. The zero-order chi connectivity index (χ0) is 14.0. The van der Waals surface area contributed by atoms with Crippen LogP contribution < -0.4 is 15.8 Å². The first-order valence-corrected chi connectivity index (χ1v) is 6.35. The maximum absolute atomic E-state index is 11.7. The van der Waals surface area contributed by atoms with Crippen LogP contribution in [0.25, 0.3) is 0 Å². The number of ether oxygens (including phenoxy) is 1. The molecule has 0 aliphatic heterocycles. The molecule has 5 nitrogen and oxygen atoms in total. The van der Waals surface area contributed by atoms with Crippen LogP contribution in [0.1, 0.15) is 20.3 Å². The van der Waals surface area contributed by atoms with Crippen molar-refractivity contribution in [3.63, 3.8) is 0 Å². The van der Waals surface area contributed by atoms with E-state index in [2.05, 4.69) is 5.32 Å². The molecule has 104 valence electrons. The number of amides is 1. The number of rotatable bonds is 4. The van der Waals surface area contributed by atoms with Gasteiger partial charge in [0, 0.05) is 23.2 Å². The molecule has 1 aliphatic carbocycles. The number of anilines is 1. The van der Waals surface area contributed by atoms with Crippen LogP contribution in [0, 0.1) is 5.41 Å². The van der Waals surface area contributed by atoms with Crippen LogP contribution in [0.4, 0.5) is 5.69 Å². The van der Waals surface area contributed by atoms with Crippen molar-refractivity contribution in [1.82, 2.24) is 5.32 Å². The van der Waals surface area contributed by atoms with Gasteiger partial charge < -0.3 is 20.9 Å². The predicted octanol–water partition coefficient (Wildman–Crippen LogP) is 0.923. The van der Waals surface area contributed by atoms with Crippen LogP contribution in [-0.2, 0) is 4.79 Å². The van der Waals surface area contributed by atoms with Gasteiger partial charge in [0.05, 0.1) is 6.10 Å². The van der Waals surface area contributed by atoms with E-state index in [-0.39, 0.29) is 30.1 Å². The fourth-order valence-electron chi connectivity index (χ4n) is 2.14. The summed E-state index contributed by atoms with van der Waals surface area (Å²) in [6.07, 6.45) is 0.240. The van der Waals surface area contributed by atoms with E-state index in [4.69, 9.17) is 10.5 Å². The lowest BCUT2D eigenvalue weighted by Crippen LogP contribution is -2.61. The normalized spacial score (nSPS) is 24.4. The van der Waals surface area contributed by atoms with Gasteiger partial charge in [-0.05, 0) is 18.6 Å². The van der Waals surface area contributed by atoms with E-state index < -0.39 is 0 Å². The molecule has 1 aliphatic rings. The first-order chi connectivity index (χ1) is 8.89. The number of nitrogen functional groups attached to an aromatic ring is 1. The second-order valence-corrected chi connectivity index (χ2v) is 5.55. The number of hydrogen-bond acceptors (Lipinski definition) is 4. The molecule has 19 heavy (non-hydrogen) atoms. The highest BCUT2D eigenvalue weighted by atomic mass is 16.5. The lowest BCUT2D eigenvalue weighted by atomic mass is 9.64. The van der Waals surface area contributed by atoms with Crippen molar-refractivity contribution in [3.05, 3.63) is 24.3 Å². The summed E-state index contributed by atoms with van der Waals surface area (Å²) in [6, 6.07) is 6.95. The minimum absolute atomic E-state index is 0.000516. The van der Waals surface area contributed by atoms with Crippen molar-refractivity contribution in [1.29, 1.82) is 0 Å². The lowest BCUT2D eigenvalue weighted by molar-refractivity contribution is -0.131. The van der Waals surface area contributed by atoms with Gasteiger partial charge in [-0.1, -0.05) is 19.9 Å². The van der Waals surface area contributed by atoms with Crippen molar-refractivity contribution in [2.75, 3.05) is 12.3 Å². The van der Waals surface area contributed by atoms with E-state index >= 15 is 0 Å². The first-order valence-electron chi connectivity index (χ1n) is 6.35. The van der Waals surface area contributed by atoms with Gasteiger partial charge in [-0.2, -0.15) is 0 Å². The Morgan fingerprint density at radius 2 is 2.32 bits per heavy atom. The monoisotopic (exact) mass is 264 g/mol. The Hall–Kier alpha value is -1.75. The van der Waals surface area contributed by atoms with Gasteiger partial charge in [0.15, 0.2) is 6.61 Å². The number of aliphatic hydroxyl groups is 1. The summed E-state index contributed by atoms with van der Waals surface area (Å²) in [4.78, 5) is 11.7. The molecule has 0 saturated heterocycles. The molecule has 2 rings (SSSR count). The zero-order valence-corrected chi connectivity index (χ0v) is 11.2. The van der Waals surface area contributed by atoms with Gasteiger partial charge in [-0.3, -0.25) is 4.79 Å². The SMILES string of the molecule is CC1(C)C(O)CC1NC(=O)COc1cccc(N)c1. The molecule has 0 spiro atoms. The highest BCUT2D eigenvalue weighted by Crippen LogP contribution is 2.40. The minimum atomic E-state index is -0.354. The van der Waals surface area contributed by atoms with Crippen molar-refractivity contribution >= 4 is 11.6 Å². The van der Waals surface area contributed by atoms with Gasteiger partial charge in [-0.25, -0.2) is 0 Å². The smallest absolute Gasteiger partial charge is 0.258 e. The Bertz CT molecular complexity index is 474. The predicted molar refractivity (Wildman–Crippen MR) is 72.7 cm³/mol. The molecule has 1 aromatic carbocycles. The summed E-state index contributed by atoms with van der Waals surface area (Å²) < 4.78 is 5.36. The maximum atomic E-state index is 11.7. The third-order valence-electron chi connectivity index (χ3n) is 3.78. The molecule has 1 amide bonds. The summed E-state index contributed by atoms with van der Waals surface area (Å²) in [5, 5.41) is 12.5. The van der Waals surface area contributed by atoms with Gasteiger partial charge >= 0.3 is 0 Å². The quantitative estimate of drug-likeness (QED) is 0.706. The fraction of sp³-hybridized carbons (Fsp3) is 0.500. The van der Waals surface area contributed by atoms with Crippen molar-refractivity contribution in [3.8, 4) is 5.75 Å². The van der Waals surface area contributed by atoms with Crippen molar-refractivity contribution in [2.45, 2.75) is 32.4 Å². The Morgan fingerprint density at radius 3 is 2.89 bits per heavy atom. The average Bonchev–Trinajstić information content (AvgIpc) is 2.36. The molecule has 2 atom stereocenters. The molecular formula is C14H20N2O3. The summed E-state index contributed by atoms with van der Waals surface area (Å²) >= 11 is 0. The minimum Gasteiger partial charge on any atom is -0.484 e. The Balaban J connectivity index is 1.80. The number of nitrogens with two attached hydrogens (primary N) is 1. The Labute approximate surface area is 112 Å². The third kappa shape index (κ3) is 2.98. The first kappa shape index (κ1) is 13.7. The highest BCUT2D eigenvalue weighted by Gasteiger charge is 2.47. The number of carbonyl (C=O) groups excluding carboxylic acids is 1. The van der Waals surface area contributed by atoms with Gasteiger partial charge in [0.25, 0.3) is 5.91 Å². The van der Waals surface area contributed by atoms with Crippen LogP contribution in [-0.4, -0.2) is 29.8 Å². The van der Waals surface area contributed by atoms with Crippen molar-refractivity contribution in [2.24, 2.45) is 5.41 Å². The molecule has 4 N–H and O–H groups in total. The number of benzene rings is 1. The van der Waals surface area contributed by atoms with E-state index in [9.17, 15) is 9.90 Å². The van der Waals surface area contributed by atoms with Crippen LogP contribution in [0.2, 0.25) is 0 Å². The molecule has 1 saturated carbocycles. The molecule has 5 heteroatoms. The van der Waals surface area contributed by atoms with E-state index in [1.807, 2.05) is 13.8 Å². The Kier molecular flexibility index (Phi) is 3.66. The number of nitrogens with one attached hydrogen (secondary N) is 1. The molecule has 2 unspecified atom stereocenters.